The summed E-state index contributed by atoms with van der Waals surface area (Å²) in [7, 11) is 0. The van der Waals surface area contributed by atoms with Crippen LogP contribution in [0.15, 0.2) is 82.8 Å². The molecule has 0 aliphatic carbocycles. The lowest BCUT2D eigenvalue weighted by molar-refractivity contribution is -0.137. The number of aromatic hydroxyl groups is 1. The minimum Gasteiger partial charge on any atom is -0.494 e. The number of halogens is 3. The molecule has 8 heteroatoms. The van der Waals surface area contributed by atoms with Crippen molar-refractivity contribution in [2.45, 2.75) is 12.7 Å². The van der Waals surface area contributed by atoms with E-state index in [1.165, 1.54) is 24.4 Å². The number of rotatable bonds is 4. The highest BCUT2D eigenvalue weighted by Gasteiger charge is 2.34. The third kappa shape index (κ3) is 3.92. The van der Waals surface area contributed by atoms with E-state index in [4.69, 9.17) is 0 Å². The first-order valence-corrected chi connectivity index (χ1v) is 9.30. The number of hydrogen-bond acceptors (Lipinski definition) is 4. The van der Waals surface area contributed by atoms with Gasteiger partial charge in [0.25, 0.3) is 5.56 Å². The SMILES string of the molecule is O=c1c2ccccc2c(C=NCc2cccnc2)c(O)n1-c1ccccc1C(F)(F)F. The highest BCUT2D eigenvalue weighted by Crippen LogP contribution is 2.35. The molecule has 31 heavy (non-hydrogen) atoms. The smallest absolute Gasteiger partial charge is 0.418 e. The maximum absolute atomic E-state index is 13.6. The average molecular weight is 423 g/mol. The first-order chi connectivity index (χ1) is 14.9. The van der Waals surface area contributed by atoms with Gasteiger partial charge < -0.3 is 5.11 Å². The highest BCUT2D eigenvalue weighted by molar-refractivity contribution is 6.01. The number of benzene rings is 2. The maximum Gasteiger partial charge on any atom is 0.418 e. The Morgan fingerprint density at radius 1 is 1.00 bits per heavy atom. The van der Waals surface area contributed by atoms with Crippen LogP contribution in [0.1, 0.15) is 16.7 Å². The first kappa shape index (κ1) is 20.3. The molecule has 0 atom stereocenters. The molecule has 4 aromatic rings. The molecule has 0 saturated heterocycles. The van der Waals surface area contributed by atoms with Crippen LogP contribution in [0.4, 0.5) is 13.2 Å². The molecule has 0 unspecified atom stereocenters. The summed E-state index contributed by atoms with van der Waals surface area (Å²) in [5, 5.41) is 11.5. The topological polar surface area (TPSA) is 67.5 Å². The standard InChI is InChI=1S/C23H16F3N3O2/c24-23(25,26)19-9-3-4-10-20(19)29-21(30)17-8-2-1-7-16(17)18(22(29)31)14-28-13-15-6-5-11-27-12-15/h1-12,14,31H,13H2. The van der Waals surface area contributed by atoms with E-state index in [1.54, 1.807) is 36.7 Å². The molecule has 0 amide bonds. The lowest BCUT2D eigenvalue weighted by atomic mass is 10.1. The van der Waals surface area contributed by atoms with Crippen molar-refractivity contribution in [3.8, 4) is 11.6 Å². The zero-order chi connectivity index (χ0) is 22.0. The van der Waals surface area contributed by atoms with Crippen LogP contribution < -0.4 is 5.56 Å². The van der Waals surface area contributed by atoms with E-state index in [0.717, 1.165) is 17.7 Å². The van der Waals surface area contributed by atoms with E-state index in [1.807, 2.05) is 6.07 Å². The molecule has 0 radical (unpaired) electrons. The third-order valence-corrected chi connectivity index (χ3v) is 4.77. The van der Waals surface area contributed by atoms with Crippen LogP contribution in [0.5, 0.6) is 5.88 Å². The lowest BCUT2D eigenvalue weighted by Crippen LogP contribution is -2.23. The van der Waals surface area contributed by atoms with Gasteiger partial charge in [-0.1, -0.05) is 36.4 Å². The fourth-order valence-electron chi connectivity index (χ4n) is 3.36. The minimum absolute atomic E-state index is 0.149. The summed E-state index contributed by atoms with van der Waals surface area (Å²) in [5.41, 5.74) is -1.27. The summed E-state index contributed by atoms with van der Waals surface area (Å²) in [6.07, 6.45) is -0.0875. The Labute approximate surface area is 174 Å². The van der Waals surface area contributed by atoms with E-state index >= 15 is 0 Å². The molecule has 0 aliphatic rings. The molecular weight excluding hydrogens is 407 g/mol. The number of nitrogens with zero attached hydrogens (tertiary/aromatic N) is 3. The van der Waals surface area contributed by atoms with Crippen LogP contribution in [-0.4, -0.2) is 20.9 Å². The van der Waals surface area contributed by atoms with Crippen LogP contribution in [0.25, 0.3) is 16.5 Å². The maximum atomic E-state index is 13.6. The summed E-state index contributed by atoms with van der Waals surface area (Å²) in [6, 6.07) is 14.6. The van der Waals surface area contributed by atoms with Crippen molar-refractivity contribution >= 4 is 17.0 Å². The normalized spacial score (nSPS) is 12.0. The van der Waals surface area contributed by atoms with Crippen molar-refractivity contribution in [1.82, 2.24) is 9.55 Å². The molecule has 2 heterocycles. The Balaban J connectivity index is 1.94. The van der Waals surface area contributed by atoms with Gasteiger partial charge in [-0.15, -0.1) is 0 Å². The Hall–Kier alpha value is -3.94. The molecular formula is C23H16F3N3O2. The van der Waals surface area contributed by atoms with E-state index < -0.39 is 28.9 Å². The van der Waals surface area contributed by atoms with Crippen molar-refractivity contribution in [3.63, 3.8) is 0 Å². The molecule has 5 nitrogen and oxygen atoms in total. The number of pyridine rings is 2. The molecule has 0 spiro atoms. The molecule has 0 bridgehead atoms. The van der Waals surface area contributed by atoms with Gasteiger partial charge in [0.05, 0.1) is 23.4 Å². The van der Waals surface area contributed by atoms with E-state index in [2.05, 4.69) is 9.98 Å². The second kappa shape index (κ2) is 8.06. The Bertz CT molecular complexity index is 1330. The van der Waals surface area contributed by atoms with Crippen molar-refractivity contribution in [3.05, 3.63) is 100 Å². The van der Waals surface area contributed by atoms with Gasteiger partial charge in [0.1, 0.15) is 0 Å². The van der Waals surface area contributed by atoms with Gasteiger partial charge in [-0.2, -0.15) is 13.2 Å². The second-order valence-electron chi connectivity index (χ2n) is 6.77. The number of aliphatic imine (C=N–C) groups is 1. The van der Waals surface area contributed by atoms with Gasteiger partial charge in [-0.05, 0) is 29.8 Å². The number of fused-ring (bicyclic) bond motifs is 1. The Morgan fingerprint density at radius 2 is 1.71 bits per heavy atom. The largest absolute Gasteiger partial charge is 0.494 e. The highest BCUT2D eigenvalue weighted by atomic mass is 19.4. The fraction of sp³-hybridized carbons (Fsp3) is 0.0870. The molecule has 2 aromatic carbocycles. The predicted molar refractivity (Wildman–Crippen MR) is 112 cm³/mol. The van der Waals surface area contributed by atoms with Gasteiger partial charge >= 0.3 is 6.18 Å². The number of hydrogen-bond donors (Lipinski definition) is 1. The molecule has 2 aromatic heterocycles. The zero-order valence-electron chi connectivity index (χ0n) is 16.0. The van der Waals surface area contributed by atoms with Crippen molar-refractivity contribution in [2.24, 2.45) is 4.99 Å². The molecule has 0 aliphatic heterocycles. The molecule has 0 fully saturated rings. The summed E-state index contributed by atoms with van der Waals surface area (Å²) in [4.78, 5) is 21.4. The molecule has 1 N–H and O–H groups in total. The average Bonchev–Trinajstić information content (AvgIpc) is 2.76. The van der Waals surface area contributed by atoms with Crippen LogP contribution in [0.2, 0.25) is 0 Å². The molecule has 4 rings (SSSR count). The fourth-order valence-corrected chi connectivity index (χ4v) is 3.36. The quantitative estimate of drug-likeness (QED) is 0.483. The molecule has 156 valence electrons. The number of aromatic nitrogens is 2. The monoisotopic (exact) mass is 423 g/mol. The molecule has 0 saturated carbocycles. The first-order valence-electron chi connectivity index (χ1n) is 9.30. The van der Waals surface area contributed by atoms with Gasteiger partial charge in [-0.3, -0.25) is 14.8 Å². The summed E-state index contributed by atoms with van der Waals surface area (Å²) in [6.45, 7) is 0.250. The third-order valence-electron chi connectivity index (χ3n) is 4.77. The van der Waals surface area contributed by atoms with Crippen molar-refractivity contribution in [1.29, 1.82) is 0 Å². The van der Waals surface area contributed by atoms with Crippen molar-refractivity contribution < 1.29 is 18.3 Å². The van der Waals surface area contributed by atoms with Crippen LogP contribution in [-0.2, 0) is 12.7 Å². The van der Waals surface area contributed by atoms with E-state index in [0.29, 0.717) is 9.95 Å². The van der Waals surface area contributed by atoms with Gasteiger partial charge in [-0.25, -0.2) is 4.57 Å². The van der Waals surface area contributed by atoms with Gasteiger partial charge in [0, 0.05) is 29.4 Å². The van der Waals surface area contributed by atoms with Crippen molar-refractivity contribution in [2.75, 3.05) is 0 Å². The summed E-state index contributed by atoms with van der Waals surface area (Å²) in [5.74, 6) is -0.615. The zero-order valence-corrected chi connectivity index (χ0v) is 16.0. The summed E-state index contributed by atoms with van der Waals surface area (Å²) < 4.78 is 41.4. The summed E-state index contributed by atoms with van der Waals surface area (Å²) >= 11 is 0. The number of alkyl halides is 3. The van der Waals surface area contributed by atoms with Gasteiger partial charge in [0.2, 0.25) is 5.88 Å². The predicted octanol–water partition coefficient (Wildman–Crippen LogP) is 4.73. The number of para-hydroxylation sites is 1. The van der Waals surface area contributed by atoms with E-state index in [-0.39, 0.29) is 17.5 Å². The van der Waals surface area contributed by atoms with Crippen LogP contribution in [0.3, 0.4) is 0 Å². The Kier molecular flexibility index (Phi) is 5.29. The minimum atomic E-state index is -4.71. The van der Waals surface area contributed by atoms with Gasteiger partial charge in [0.15, 0.2) is 0 Å². The second-order valence-corrected chi connectivity index (χ2v) is 6.77. The van der Waals surface area contributed by atoms with E-state index in [9.17, 15) is 23.1 Å². The van der Waals surface area contributed by atoms with Crippen LogP contribution in [0, 0.1) is 0 Å². The lowest BCUT2D eigenvalue weighted by Gasteiger charge is -2.18. The van der Waals surface area contributed by atoms with Crippen LogP contribution >= 0.6 is 0 Å². The Morgan fingerprint density at radius 3 is 2.42 bits per heavy atom.